The molecule has 1 fully saturated rings. The van der Waals surface area contributed by atoms with Crippen molar-refractivity contribution < 1.29 is 0 Å². The largest absolute Gasteiger partial charge is 0.366 e. The molecule has 0 aliphatic carbocycles. The van der Waals surface area contributed by atoms with Crippen molar-refractivity contribution in [1.29, 1.82) is 5.26 Å². The lowest BCUT2D eigenvalue weighted by molar-refractivity contribution is 0.648. The first-order chi connectivity index (χ1) is 12.7. The number of halogens is 2. The van der Waals surface area contributed by atoms with Gasteiger partial charge in [-0.25, -0.2) is 4.98 Å². The fourth-order valence-corrected chi connectivity index (χ4v) is 3.83. The average Bonchev–Trinajstić information content (AvgIpc) is 2.67. The van der Waals surface area contributed by atoms with Gasteiger partial charge in [-0.05, 0) is 12.1 Å². The van der Waals surface area contributed by atoms with E-state index in [0.29, 0.717) is 15.6 Å². The first kappa shape index (κ1) is 16.9. The number of hydrogen-bond donors (Lipinski definition) is 0. The zero-order chi connectivity index (χ0) is 18.1. The Kier molecular flexibility index (Phi) is 4.54. The lowest BCUT2D eigenvalue weighted by Crippen LogP contribution is -2.47. The number of benzene rings is 1. The van der Waals surface area contributed by atoms with Gasteiger partial charge in [0.15, 0.2) is 0 Å². The quantitative estimate of drug-likeness (QED) is 0.665. The summed E-state index contributed by atoms with van der Waals surface area (Å²) in [5, 5.41) is 11.6. The molecule has 3 heterocycles. The number of aromatic nitrogens is 2. The standard InChI is InChI=1S/C19H15Cl2N5/c20-14-9-16(21)19(24-12-14)26-7-5-25(6-8-26)18-13(10-22)11-23-17-4-2-1-3-15(17)18/h1-4,9,11-12H,5-8H2. The second-order valence-corrected chi connectivity index (χ2v) is 6.93. The molecule has 0 amide bonds. The van der Waals surface area contributed by atoms with Crippen molar-refractivity contribution in [1.82, 2.24) is 9.97 Å². The molecule has 0 radical (unpaired) electrons. The van der Waals surface area contributed by atoms with Gasteiger partial charge in [-0.15, -0.1) is 0 Å². The molecule has 4 rings (SSSR count). The molecule has 0 saturated carbocycles. The van der Waals surface area contributed by atoms with Gasteiger partial charge in [-0.3, -0.25) is 4.98 Å². The lowest BCUT2D eigenvalue weighted by Gasteiger charge is -2.37. The van der Waals surface area contributed by atoms with Crippen LogP contribution in [0.25, 0.3) is 10.9 Å². The van der Waals surface area contributed by atoms with Crippen LogP contribution in [0.2, 0.25) is 10.0 Å². The number of nitriles is 1. The molecule has 0 bridgehead atoms. The number of anilines is 2. The minimum absolute atomic E-state index is 0.527. The van der Waals surface area contributed by atoms with Crippen LogP contribution in [-0.4, -0.2) is 36.1 Å². The Morgan fingerprint density at radius 1 is 0.962 bits per heavy atom. The van der Waals surface area contributed by atoms with Gasteiger partial charge in [0, 0.05) is 44.0 Å². The first-order valence-corrected chi connectivity index (χ1v) is 9.02. The van der Waals surface area contributed by atoms with Crippen molar-refractivity contribution in [3.63, 3.8) is 0 Å². The summed E-state index contributed by atoms with van der Waals surface area (Å²) in [5.74, 6) is 0.746. The van der Waals surface area contributed by atoms with Crippen LogP contribution in [0, 0.1) is 11.3 Å². The molecule has 1 aliphatic rings. The van der Waals surface area contributed by atoms with Crippen LogP contribution in [0.15, 0.2) is 42.7 Å². The molecule has 26 heavy (non-hydrogen) atoms. The maximum Gasteiger partial charge on any atom is 0.147 e. The van der Waals surface area contributed by atoms with Crippen molar-refractivity contribution in [2.75, 3.05) is 36.0 Å². The van der Waals surface area contributed by atoms with Gasteiger partial charge in [-0.2, -0.15) is 5.26 Å². The number of fused-ring (bicyclic) bond motifs is 1. The van der Waals surface area contributed by atoms with Gasteiger partial charge in [0.1, 0.15) is 11.9 Å². The number of pyridine rings is 2. The molecular weight excluding hydrogens is 369 g/mol. The summed E-state index contributed by atoms with van der Waals surface area (Å²) in [4.78, 5) is 13.1. The van der Waals surface area contributed by atoms with Crippen LogP contribution in [0.1, 0.15) is 5.56 Å². The molecule has 2 aromatic heterocycles. The van der Waals surface area contributed by atoms with Crippen molar-refractivity contribution in [2.45, 2.75) is 0 Å². The fourth-order valence-electron chi connectivity index (χ4n) is 3.33. The number of para-hydroxylation sites is 1. The summed E-state index contributed by atoms with van der Waals surface area (Å²) < 4.78 is 0. The lowest BCUT2D eigenvalue weighted by atomic mass is 10.1. The van der Waals surface area contributed by atoms with Gasteiger partial charge < -0.3 is 9.80 Å². The summed E-state index contributed by atoms with van der Waals surface area (Å²) in [5.41, 5.74) is 2.44. The van der Waals surface area contributed by atoms with E-state index in [-0.39, 0.29) is 0 Å². The van der Waals surface area contributed by atoms with Gasteiger partial charge in [0.05, 0.1) is 26.8 Å². The minimum Gasteiger partial charge on any atom is -0.366 e. The molecule has 1 saturated heterocycles. The Morgan fingerprint density at radius 3 is 2.42 bits per heavy atom. The predicted octanol–water partition coefficient (Wildman–Crippen LogP) is 4.13. The van der Waals surface area contributed by atoms with Crippen LogP contribution in [0.3, 0.4) is 0 Å². The third kappa shape index (κ3) is 3.03. The highest BCUT2D eigenvalue weighted by Crippen LogP contribution is 2.32. The summed E-state index contributed by atoms with van der Waals surface area (Å²) in [7, 11) is 0. The van der Waals surface area contributed by atoms with Crippen LogP contribution < -0.4 is 9.80 Å². The number of piperazine rings is 1. The van der Waals surface area contributed by atoms with E-state index in [1.54, 1.807) is 18.5 Å². The van der Waals surface area contributed by atoms with Crippen LogP contribution in [-0.2, 0) is 0 Å². The summed E-state index contributed by atoms with van der Waals surface area (Å²) >= 11 is 12.2. The Balaban J connectivity index is 1.63. The molecular formula is C19H15Cl2N5. The molecule has 130 valence electrons. The Hall–Kier alpha value is -2.55. The zero-order valence-corrected chi connectivity index (χ0v) is 15.4. The van der Waals surface area contributed by atoms with Gasteiger partial charge in [-0.1, -0.05) is 41.4 Å². The molecule has 3 aromatic rings. The van der Waals surface area contributed by atoms with E-state index in [4.69, 9.17) is 23.2 Å². The van der Waals surface area contributed by atoms with Crippen molar-refractivity contribution >= 4 is 45.6 Å². The molecule has 1 aromatic carbocycles. The van der Waals surface area contributed by atoms with E-state index in [0.717, 1.165) is 48.6 Å². The third-order valence-electron chi connectivity index (χ3n) is 4.55. The average molecular weight is 384 g/mol. The monoisotopic (exact) mass is 383 g/mol. The molecule has 1 aliphatic heterocycles. The molecule has 7 heteroatoms. The van der Waals surface area contributed by atoms with Crippen molar-refractivity contribution in [2.24, 2.45) is 0 Å². The normalized spacial score (nSPS) is 14.5. The van der Waals surface area contributed by atoms with Crippen molar-refractivity contribution in [3.8, 4) is 6.07 Å². The topological polar surface area (TPSA) is 56.1 Å². The Labute approximate surface area is 161 Å². The molecule has 0 spiro atoms. The van der Waals surface area contributed by atoms with Crippen molar-refractivity contribution in [3.05, 3.63) is 58.3 Å². The SMILES string of the molecule is N#Cc1cnc2ccccc2c1N1CCN(c2ncc(Cl)cc2Cl)CC1. The predicted molar refractivity (Wildman–Crippen MR) is 105 cm³/mol. The minimum atomic E-state index is 0.527. The van der Waals surface area contributed by atoms with E-state index >= 15 is 0 Å². The third-order valence-corrected chi connectivity index (χ3v) is 5.04. The fraction of sp³-hybridized carbons (Fsp3) is 0.211. The van der Waals surface area contributed by atoms with Gasteiger partial charge in [0.25, 0.3) is 0 Å². The van der Waals surface area contributed by atoms with E-state index < -0.39 is 0 Å². The number of nitrogens with zero attached hydrogens (tertiary/aromatic N) is 5. The summed E-state index contributed by atoms with van der Waals surface area (Å²) in [6, 6.07) is 11.9. The number of hydrogen-bond acceptors (Lipinski definition) is 5. The Morgan fingerprint density at radius 2 is 1.69 bits per heavy atom. The van der Waals surface area contributed by atoms with E-state index in [1.165, 1.54) is 0 Å². The molecule has 0 N–H and O–H groups in total. The van der Waals surface area contributed by atoms with E-state index in [2.05, 4.69) is 25.8 Å². The highest BCUT2D eigenvalue weighted by Gasteiger charge is 2.23. The maximum atomic E-state index is 9.53. The zero-order valence-electron chi connectivity index (χ0n) is 13.9. The second kappa shape index (κ2) is 6.99. The van der Waals surface area contributed by atoms with Gasteiger partial charge >= 0.3 is 0 Å². The smallest absolute Gasteiger partial charge is 0.147 e. The highest BCUT2D eigenvalue weighted by atomic mass is 35.5. The molecule has 0 atom stereocenters. The number of rotatable bonds is 2. The Bertz CT molecular complexity index is 1010. The van der Waals surface area contributed by atoms with E-state index in [9.17, 15) is 5.26 Å². The van der Waals surface area contributed by atoms with Gasteiger partial charge in [0.2, 0.25) is 0 Å². The highest BCUT2D eigenvalue weighted by molar-refractivity contribution is 6.36. The van der Waals surface area contributed by atoms with Crippen LogP contribution >= 0.6 is 23.2 Å². The second-order valence-electron chi connectivity index (χ2n) is 6.08. The molecule has 5 nitrogen and oxygen atoms in total. The van der Waals surface area contributed by atoms with E-state index in [1.807, 2.05) is 24.3 Å². The first-order valence-electron chi connectivity index (χ1n) is 8.26. The molecule has 0 unspecified atom stereocenters. The summed E-state index contributed by atoms with van der Waals surface area (Å²) in [6.07, 6.45) is 3.26. The van der Waals surface area contributed by atoms with Crippen LogP contribution in [0.4, 0.5) is 11.5 Å². The summed E-state index contributed by atoms with van der Waals surface area (Å²) in [6.45, 7) is 3.05. The maximum absolute atomic E-state index is 9.53. The van der Waals surface area contributed by atoms with Crippen LogP contribution in [0.5, 0.6) is 0 Å².